The van der Waals surface area contributed by atoms with Crippen LogP contribution in [-0.4, -0.2) is 26.2 Å². The Kier molecular flexibility index (Phi) is 3.66. The lowest BCUT2D eigenvalue weighted by molar-refractivity contribution is 0.242. The molecule has 2 aromatic heterocycles. The first-order chi connectivity index (χ1) is 11.7. The molecule has 0 saturated heterocycles. The zero-order valence-electron chi connectivity index (χ0n) is 13.3. The van der Waals surface area contributed by atoms with E-state index in [1.807, 2.05) is 30.5 Å². The lowest BCUT2D eigenvalue weighted by Gasteiger charge is -2.25. The number of nitrogen functional groups attached to an aromatic ring is 1. The van der Waals surface area contributed by atoms with Gasteiger partial charge < -0.3 is 5.73 Å². The Morgan fingerprint density at radius 2 is 2.17 bits per heavy atom. The molecule has 0 fully saturated rings. The molecule has 4 rings (SSSR count). The normalized spacial score (nSPS) is 14.5. The van der Waals surface area contributed by atoms with E-state index in [9.17, 15) is 4.79 Å². The van der Waals surface area contributed by atoms with Crippen LogP contribution in [-0.2, 0) is 19.5 Å². The summed E-state index contributed by atoms with van der Waals surface area (Å²) in [6.45, 7) is 2.43. The van der Waals surface area contributed by atoms with E-state index in [1.165, 1.54) is 5.56 Å². The molecule has 24 heavy (non-hydrogen) atoms. The first-order valence-electron chi connectivity index (χ1n) is 8.00. The van der Waals surface area contributed by atoms with Gasteiger partial charge >= 0.3 is 0 Å². The van der Waals surface area contributed by atoms with Crippen LogP contribution in [0.25, 0.3) is 5.69 Å². The maximum atomic E-state index is 12.7. The summed E-state index contributed by atoms with van der Waals surface area (Å²) in [5, 5.41) is 3.25. The van der Waals surface area contributed by atoms with Crippen LogP contribution in [0.4, 0.5) is 5.69 Å². The second kappa shape index (κ2) is 5.98. The van der Waals surface area contributed by atoms with Gasteiger partial charge in [0.05, 0.1) is 11.4 Å². The standard InChI is InChI=1S/C18H19N5O/c19-14-4-1-5-15(9-14)23-18(24)16-6-8-22(12-17(16)21-23)11-13-3-2-7-20-10-13/h1-5,7,9-10,21H,6,8,11-12,19H2. The van der Waals surface area contributed by atoms with E-state index in [1.54, 1.807) is 16.9 Å². The topological polar surface area (TPSA) is 79.9 Å². The lowest BCUT2D eigenvalue weighted by Crippen LogP contribution is -2.31. The molecule has 0 unspecified atom stereocenters. The van der Waals surface area contributed by atoms with E-state index >= 15 is 0 Å². The molecule has 6 heteroatoms. The van der Waals surface area contributed by atoms with Gasteiger partial charge in [0.25, 0.3) is 5.56 Å². The molecule has 0 atom stereocenters. The number of hydrogen-bond donors (Lipinski definition) is 2. The third-order valence-electron chi connectivity index (χ3n) is 4.39. The van der Waals surface area contributed by atoms with Gasteiger partial charge in [-0.05, 0) is 36.2 Å². The first-order valence-corrected chi connectivity index (χ1v) is 8.00. The predicted octanol–water partition coefficient (Wildman–Crippen LogP) is 1.70. The van der Waals surface area contributed by atoms with Crippen molar-refractivity contribution in [1.82, 2.24) is 19.7 Å². The minimum absolute atomic E-state index is 0.0247. The number of hydrogen-bond acceptors (Lipinski definition) is 4. The average molecular weight is 321 g/mol. The van der Waals surface area contributed by atoms with Crippen molar-refractivity contribution in [3.63, 3.8) is 0 Å². The van der Waals surface area contributed by atoms with Crippen LogP contribution in [0.5, 0.6) is 0 Å². The van der Waals surface area contributed by atoms with E-state index < -0.39 is 0 Å². The molecule has 122 valence electrons. The number of H-pyrrole nitrogens is 1. The monoisotopic (exact) mass is 321 g/mol. The van der Waals surface area contributed by atoms with Crippen molar-refractivity contribution in [3.8, 4) is 5.69 Å². The van der Waals surface area contributed by atoms with Crippen LogP contribution in [0.3, 0.4) is 0 Å². The summed E-state index contributed by atoms with van der Waals surface area (Å²) in [5.41, 5.74) is 10.3. The van der Waals surface area contributed by atoms with Crippen molar-refractivity contribution >= 4 is 5.69 Å². The molecule has 6 nitrogen and oxygen atoms in total. The van der Waals surface area contributed by atoms with Crippen LogP contribution in [0.2, 0.25) is 0 Å². The van der Waals surface area contributed by atoms with Crippen molar-refractivity contribution in [2.45, 2.75) is 19.5 Å². The highest BCUT2D eigenvalue weighted by atomic mass is 16.1. The van der Waals surface area contributed by atoms with E-state index in [2.05, 4.69) is 21.0 Å². The fourth-order valence-electron chi connectivity index (χ4n) is 3.21. The number of aromatic amines is 1. The molecule has 3 heterocycles. The van der Waals surface area contributed by atoms with E-state index in [-0.39, 0.29) is 5.56 Å². The average Bonchev–Trinajstić information content (AvgIpc) is 2.92. The second-order valence-corrected chi connectivity index (χ2v) is 6.13. The first kappa shape index (κ1) is 14.7. The summed E-state index contributed by atoms with van der Waals surface area (Å²) in [4.78, 5) is 19.1. The third-order valence-corrected chi connectivity index (χ3v) is 4.39. The highest BCUT2D eigenvalue weighted by Gasteiger charge is 2.23. The Hall–Kier alpha value is -2.86. The van der Waals surface area contributed by atoms with Gasteiger partial charge in [-0.25, -0.2) is 4.68 Å². The van der Waals surface area contributed by atoms with Crippen LogP contribution in [0.15, 0.2) is 53.6 Å². The summed E-state index contributed by atoms with van der Waals surface area (Å²) >= 11 is 0. The molecule has 1 aliphatic heterocycles. The van der Waals surface area contributed by atoms with Crippen LogP contribution in [0.1, 0.15) is 16.8 Å². The molecule has 1 aliphatic rings. The number of fused-ring (bicyclic) bond motifs is 1. The number of pyridine rings is 1. The lowest BCUT2D eigenvalue weighted by atomic mass is 10.1. The van der Waals surface area contributed by atoms with Gasteiger partial charge in [-0.2, -0.15) is 0 Å². The molecule has 0 spiro atoms. The number of nitrogens with two attached hydrogens (primary N) is 1. The summed E-state index contributed by atoms with van der Waals surface area (Å²) < 4.78 is 1.59. The quantitative estimate of drug-likeness (QED) is 0.720. The van der Waals surface area contributed by atoms with Crippen molar-refractivity contribution in [1.29, 1.82) is 0 Å². The highest BCUT2D eigenvalue weighted by Crippen LogP contribution is 2.18. The smallest absolute Gasteiger partial charge is 0.274 e. The third kappa shape index (κ3) is 2.72. The Labute approximate surface area is 139 Å². The van der Waals surface area contributed by atoms with Gasteiger partial charge in [-0.15, -0.1) is 0 Å². The molecule has 0 amide bonds. The molecule has 1 aromatic carbocycles. The number of benzene rings is 1. The molecule has 3 aromatic rings. The molecule has 0 aliphatic carbocycles. The largest absolute Gasteiger partial charge is 0.399 e. The van der Waals surface area contributed by atoms with Gasteiger partial charge in [-0.1, -0.05) is 12.1 Å². The minimum atomic E-state index is 0.0247. The Morgan fingerprint density at radius 1 is 1.25 bits per heavy atom. The number of nitrogens with one attached hydrogen (secondary N) is 1. The van der Waals surface area contributed by atoms with Crippen molar-refractivity contribution in [2.75, 3.05) is 12.3 Å². The fourth-order valence-corrected chi connectivity index (χ4v) is 3.21. The summed E-state index contributed by atoms with van der Waals surface area (Å²) in [7, 11) is 0. The Bertz CT molecular complexity index is 913. The van der Waals surface area contributed by atoms with E-state index in [4.69, 9.17) is 5.73 Å². The fraction of sp³-hybridized carbons (Fsp3) is 0.222. The van der Waals surface area contributed by atoms with Crippen molar-refractivity contribution in [2.24, 2.45) is 0 Å². The minimum Gasteiger partial charge on any atom is -0.399 e. The van der Waals surface area contributed by atoms with E-state index in [0.29, 0.717) is 5.69 Å². The molecular formula is C18H19N5O. The van der Waals surface area contributed by atoms with Gasteiger partial charge in [0.2, 0.25) is 0 Å². The summed E-state index contributed by atoms with van der Waals surface area (Å²) in [6.07, 6.45) is 4.41. The zero-order chi connectivity index (χ0) is 16.5. The number of anilines is 1. The van der Waals surface area contributed by atoms with Crippen molar-refractivity contribution in [3.05, 3.63) is 76.0 Å². The van der Waals surface area contributed by atoms with Crippen LogP contribution >= 0.6 is 0 Å². The van der Waals surface area contributed by atoms with Crippen LogP contribution < -0.4 is 11.3 Å². The number of nitrogens with zero attached hydrogens (tertiary/aromatic N) is 3. The Morgan fingerprint density at radius 3 is 2.96 bits per heavy atom. The highest BCUT2D eigenvalue weighted by molar-refractivity contribution is 5.47. The van der Waals surface area contributed by atoms with Gasteiger partial charge in [0, 0.05) is 43.3 Å². The maximum Gasteiger partial charge on any atom is 0.274 e. The Balaban J connectivity index is 1.61. The predicted molar refractivity (Wildman–Crippen MR) is 92.9 cm³/mol. The number of aromatic nitrogens is 3. The van der Waals surface area contributed by atoms with Gasteiger partial charge in [-0.3, -0.25) is 19.8 Å². The van der Waals surface area contributed by atoms with Crippen molar-refractivity contribution < 1.29 is 0 Å². The second-order valence-electron chi connectivity index (χ2n) is 6.13. The molecule has 0 saturated carbocycles. The SMILES string of the molecule is Nc1cccc(-n2[nH]c3c(c2=O)CCN(Cc2cccnc2)C3)c1. The molecule has 3 N–H and O–H groups in total. The molecule has 0 bridgehead atoms. The molecular weight excluding hydrogens is 302 g/mol. The van der Waals surface area contributed by atoms with E-state index in [0.717, 1.165) is 43.0 Å². The summed E-state index contributed by atoms with van der Waals surface area (Å²) in [5.74, 6) is 0. The zero-order valence-corrected chi connectivity index (χ0v) is 13.3. The van der Waals surface area contributed by atoms with Gasteiger partial charge in [0.1, 0.15) is 0 Å². The number of rotatable bonds is 3. The molecule has 0 radical (unpaired) electrons. The maximum absolute atomic E-state index is 12.7. The summed E-state index contributed by atoms with van der Waals surface area (Å²) in [6, 6.07) is 11.4. The van der Waals surface area contributed by atoms with Crippen LogP contribution in [0, 0.1) is 0 Å². The van der Waals surface area contributed by atoms with Gasteiger partial charge in [0.15, 0.2) is 0 Å².